The summed E-state index contributed by atoms with van der Waals surface area (Å²) in [5, 5.41) is 5.49. The van der Waals surface area contributed by atoms with Gasteiger partial charge in [-0.2, -0.15) is 0 Å². The second-order valence-electron chi connectivity index (χ2n) is 17.1. The summed E-state index contributed by atoms with van der Waals surface area (Å²) in [5.41, 5.74) is 12.0. The van der Waals surface area contributed by atoms with E-state index in [1.807, 2.05) is 56.6 Å². The minimum Gasteiger partial charge on any atom is -0.493 e. The number of fused-ring (bicyclic) bond motifs is 5. The quantitative estimate of drug-likeness (QED) is 0.108. The lowest BCUT2D eigenvalue weighted by atomic mass is 10.0. The zero-order chi connectivity index (χ0) is 46.9. The van der Waals surface area contributed by atoms with Gasteiger partial charge in [0.2, 0.25) is 18.6 Å². The third kappa shape index (κ3) is 9.01. The number of nitrogens with two attached hydrogens (primary N) is 1. The Hall–Kier alpha value is -7.66. The Balaban J connectivity index is 0.797. The molecule has 4 aromatic rings. The summed E-state index contributed by atoms with van der Waals surface area (Å²) in [6.07, 6.45) is 8.87. The third-order valence-electron chi connectivity index (χ3n) is 12.3. The van der Waals surface area contributed by atoms with Crippen LogP contribution in [0.4, 0.5) is 17.1 Å². The van der Waals surface area contributed by atoms with Crippen LogP contribution in [0.2, 0.25) is 0 Å². The molecule has 17 heteroatoms. The van der Waals surface area contributed by atoms with Crippen molar-refractivity contribution in [1.82, 2.24) is 15.1 Å². The molecular formula is C50H51N7O10. The average molecular weight is 910 g/mol. The van der Waals surface area contributed by atoms with Crippen molar-refractivity contribution in [3.05, 3.63) is 101 Å². The second-order valence-corrected chi connectivity index (χ2v) is 17.1. The topological polar surface area (TPSA) is 205 Å². The highest BCUT2D eigenvalue weighted by Gasteiger charge is 2.36. The van der Waals surface area contributed by atoms with Gasteiger partial charge in [-0.1, -0.05) is 32.0 Å². The molecular weight excluding hydrogens is 859 g/mol. The fourth-order valence-corrected chi connectivity index (χ4v) is 8.36. The fraction of sp³-hybridized carbons (Fsp3) is 0.320. The fourth-order valence-electron chi connectivity index (χ4n) is 8.36. The Morgan fingerprint density at radius 3 is 1.81 bits per heavy atom. The summed E-state index contributed by atoms with van der Waals surface area (Å²) >= 11 is 0. The standard InChI is InChI=1S/C50H51N7O10/c1-27(2)46(51)48(59)54-28(3)47(58)55-33-10-7-29(8-11-33)31-15-34-22-52-38-20-44(41(62-4)18-36(38)49(60)56(34)24-31)64-13-6-14-65-45-21-39-37(19-42(45)63-5)50(61)57-25-32(16-35(57)23-53-39)30-9-12-40-43(17-30)67-26-66-40/h7-12,17-25,27-28,34-35,46H,6,13-16,26,51H2,1-5H3,(H,54,59)(H,55,58)/t28-,34?,35-,46-/m0/s1. The molecule has 9 rings (SSSR count). The van der Waals surface area contributed by atoms with E-state index in [1.54, 1.807) is 65.6 Å². The molecule has 0 aromatic heterocycles. The number of rotatable bonds is 15. The van der Waals surface area contributed by atoms with E-state index in [2.05, 4.69) is 10.6 Å². The maximum Gasteiger partial charge on any atom is 0.260 e. The zero-order valence-electron chi connectivity index (χ0n) is 37.7. The minimum atomic E-state index is -0.778. The summed E-state index contributed by atoms with van der Waals surface area (Å²) in [6, 6.07) is 17.8. The van der Waals surface area contributed by atoms with Gasteiger partial charge in [0.1, 0.15) is 6.04 Å². The first-order valence-corrected chi connectivity index (χ1v) is 22.1. The molecule has 0 saturated carbocycles. The minimum absolute atomic E-state index is 0.0609. The molecule has 67 heavy (non-hydrogen) atoms. The number of nitrogens with zero attached hydrogens (tertiary/aromatic N) is 4. The van der Waals surface area contributed by atoms with Crippen molar-refractivity contribution in [2.24, 2.45) is 21.6 Å². The van der Waals surface area contributed by atoms with Crippen LogP contribution in [0, 0.1) is 5.92 Å². The van der Waals surface area contributed by atoms with Gasteiger partial charge >= 0.3 is 0 Å². The van der Waals surface area contributed by atoms with E-state index in [0.29, 0.717) is 81.9 Å². The number of nitrogens with one attached hydrogen (secondary N) is 2. The monoisotopic (exact) mass is 909 g/mol. The van der Waals surface area contributed by atoms with Crippen molar-refractivity contribution in [3.8, 4) is 34.5 Å². The van der Waals surface area contributed by atoms with Crippen LogP contribution in [0.5, 0.6) is 34.5 Å². The van der Waals surface area contributed by atoms with Crippen LogP contribution >= 0.6 is 0 Å². The van der Waals surface area contributed by atoms with E-state index >= 15 is 0 Å². The van der Waals surface area contributed by atoms with Crippen LogP contribution < -0.4 is 44.8 Å². The lowest BCUT2D eigenvalue weighted by Gasteiger charge is -2.19. The largest absolute Gasteiger partial charge is 0.493 e. The predicted molar refractivity (Wildman–Crippen MR) is 251 cm³/mol. The molecule has 17 nitrogen and oxygen atoms in total. The molecule has 5 aliphatic heterocycles. The van der Waals surface area contributed by atoms with Crippen LogP contribution in [-0.4, -0.2) is 104 Å². The van der Waals surface area contributed by atoms with Gasteiger partial charge in [-0.3, -0.25) is 29.2 Å². The predicted octanol–water partition coefficient (Wildman–Crippen LogP) is 6.65. The molecule has 0 fully saturated rings. The van der Waals surface area contributed by atoms with Crippen LogP contribution in [0.1, 0.15) is 71.9 Å². The Bertz CT molecular complexity index is 2770. The number of amides is 4. The maximum absolute atomic E-state index is 14.0. The second kappa shape index (κ2) is 18.7. The third-order valence-corrected chi connectivity index (χ3v) is 12.3. The van der Waals surface area contributed by atoms with Crippen molar-refractivity contribution >= 4 is 64.3 Å². The van der Waals surface area contributed by atoms with Gasteiger partial charge in [0.05, 0.1) is 68.1 Å². The molecule has 4 N–H and O–H groups in total. The van der Waals surface area contributed by atoms with Crippen molar-refractivity contribution < 1.29 is 47.6 Å². The van der Waals surface area contributed by atoms with Crippen LogP contribution in [0.25, 0.3) is 11.1 Å². The molecule has 5 heterocycles. The van der Waals surface area contributed by atoms with E-state index in [-0.39, 0.29) is 61.6 Å². The molecule has 0 spiro atoms. The lowest BCUT2D eigenvalue weighted by molar-refractivity contribution is -0.127. The number of aliphatic imine (C=N–C) groups is 2. The van der Waals surface area contributed by atoms with Crippen LogP contribution in [0.15, 0.2) is 89.1 Å². The number of carbonyl (C=O) groups is 4. The van der Waals surface area contributed by atoms with Gasteiger partial charge in [-0.15, -0.1) is 0 Å². The molecule has 4 aromatic carbocycles. The highest BCUT2D eigenvalue weighted by molar-refractivity contribution is 6.07. The zero-order valence-corrected chi connectivity index (χ0v) is 37.7. The summed E-state index contributed by atoms with van der Waals surface area (Å²) in [7, 11) is 3.04. The van der Waals surface area contributed by atoms with Crippen LogP contribution in [0.3, 0.4) is 0 Å². The summed E-state index contributed by atoms with van der Waals surface area (Å²) in [6.45, 7) is 6.01. The number of ether oxygens (including phenoxy) is 6. The SMILES string of the molecule is COc1cc2c(cc1OCCCOc1cc3c(cc1OC)C(=O)N1C=C(c4ccc5c(c4)OCO5)C[C@H]1C=N3)N=CC1CC(c3ccc(NC(=O)[C@H](C)NC(=O)[C@@H](N)C(C)C)cc3)=CN1C2=O. The van der Waals surface area contributed by atoms with Crippen molar-refractivity contribution in [2.45, 2.75) is 64.2 Å². The number of methoxy groups -OCH3 is 2. The maximum atomic E-state index is 14.0. The molecule has 346 valence electrons. The van der Waals surface area contributed by atoms with Crippen molar-refractivity contribution in [1.29, 1.82) is 0 Å². The van der Waals surface area contributed by atoms with Gasteiger partial charge < -0.3 is 54.6 Å². The van der Waals surface area contributed by atoms with Crippen molar-refractivity contribution in [2.75, 3.05) is 39.5 Å². The normalized spacial score (nSPS) is 18.4. The molecule has 0 bridgehead atoms. The van der Waals surface area contributed by atoms with E-state index in [0.717, 1.165) is 22.3 Å². The van der Waals surface area contributed by atoms with Gasteiger partial charge in [0, 0.05) is 61.9 Å². The van der Waals surface area contributed by atoms with E-state index in [1.165, 1.54) is 14.2 Å². The summed E-state index contributed by atoms with van der Waals surface area (Å²) < 4.78 is 34.6. The number of hydrogen-bond acceptors (Lipinski definition) is 13. The Morgan fingerprint density at radius 2 is 1.25 bits per heavy atom. The Kier molecular flexibility index (Phi) is 12.4. The average Bonchev–Trinajstić information content (AvgIpc) is 4.07. The van der Waals surface area contributed by atoms with Gasteiger partial charge in [-0.25, -0.2) is 0 Å². The first kappa shape index (κ1) is 44.5. The van der Waals surface area contributed by atoms with Gasteiger partial charge in [0.25, 0.3) is 11.8 Å². The van der Waals surface area contributed by atoms with E-state index in [4.69, 9.17) is 44.1 Å². The van der Waals surface area contributed by atoms with Gasteiger partial charge in [-0.05, 0) is 71.5 Å². The summed E-state index contributed by atoms with van der Waals surface area (Å²) in [4.78, 5) is 65.8. The van der Waals surface area contributed by atoms with E-state index < -0.39 is 12.1 Å². The number of hydrogen-bond donors (Lipinski definition) is 3. The molecule has 5 aliphatic rings. The summed E-state index contributed by atoms with van der Waals surface area (Å²) in [5.74, 6) is 1.81. The molecule has 0 aliphatic carbocycles. The molecule has 0 saturated heterocycles. The highest BCUT2D eigenvalue weighted by Crippen LogP contribution is 2.43. The first-order chi connectivity index (χ1) is 32.4. The Labute approximate surface area is 387 Å². The lowest BCUT2D eigenvalue weighted by Crippen LogP contribution is -2.50. The molecule has 4 atom stereocenters. The number of anilines is 1. The highest BCUT2D eigenvalue weighted by atomic mass is 16.7. The number of benzene rings is 4. The molecule has 0 radical (unpaired) electrons. The smallest absolute Gasteiger partial charge is 0.260 e. The van der Waals surface area contributed by atoms with Crippen LogP contribution in [-0.2, 0) is 9.59 Å². The van der Waals surface area contributed by atoms with E-state index in [9.17, 15) is 19.2 Å². The molecule has 4 amide bonds. The first-order valence-electron chi connectivity index (χ1n) is 22.1. The molecule has 1 unspecified atom stereocenters. The van der Waals surface area contributed by atoms with Gasteiger partial charge in [0.15, 0.2) is 34.5 Å². The Morgan fingerprint density at radius 1 is 0.716 bits per heavy atom. The van der Waals surface area contributed by atoms with Crippen molar-refractivity contribution in [3.63, 3.8) is 0 Å². The number of carbonyl (C=O) groups excluding carboxylic acids is 4.